The number of nitrogens with zero attached hydrogens (tertiary/aromatic N) is 4. The fourth-order valence-corrected chi connectivity index (χ4v) is 6.38. The van der Waals surface area contributed by atoms with Gasteiger partial charge in [0.1, 0.15) is 0 Å². The van der Waals surface area contributed by atoms with Gasteiger partial charge < -0.3 is 5.32 Å². The molecule has 1 unspecified atom stereocenters. The van der Waals surface area contributed by atoms with Crippen LogP contribution in [0.25, 0.3) is 10.7 Å². The first-order valence-corrected chi connectivity index (χ1v) is 13.4. The topological polar surface area (TPSA) is 89.2 Å². The predicted octanol–water partition coefficient (Wildman–Crippen LogP) is 2.38. The number of nitrogens with one attached hydrogen (secondary N) is 1. The fraction of sp³-hybridized carbons (Fsp3) is 0.381. The largest absolute Gasteiger partial charge is 0.351 e. The molecule has 1 aromatic carbocycles. The van der Waals surface area contributed by atoms with Crippen molar-refractivity contribution in [1.82, 2.24) is 24.6 Å². The second kappa shape index (κ2) is 9.65. The van der Waals surface area contributed by atoms with E-state index < -0.39 is 9.84 Å². The van der Waals surface area contributed by atoms with Gasteiger partial charge in [-0.2, -0.15) is 0 Å². The number of likely N-dealkylation sites (N-methyl/N-ethyl adjacent to an activating group) is 1. The molecule has 170 valence electrons. The van der Waals surface area contributed by atoms with Gasteiger partial charge in [-0.15, -0.1) is 16.4 Å². The van der Waals surface area contributed by atoms with Gasteiger partial charge in [0.05, 0.1) is 36.1 Å². The molecule has 4 rings (SSSR count). The molecule has 0 radical (unpaired) electrons. The van der Waals surface area contributed by atoms with Gasteiger partial charge in [-0.3, -0.25) is 14.3 Å². The molecule has 2 aromatic heterocycles. The van der Waals surface area contributed by atoms with Crippen molar-refractivity contribution in [1.29, 1.82) is 0 Å². The van der Waals surface area contributed by atoms with Crippen LogP contribution < -0.4 is 5.32 Å². The number of rotatable bonds is 8. The molecule has 32 heavy (non-hydrogen) atoms. The lowest BCUT2D eigenvalue weighted by atomic mass is 10.2. The van der Waals surface area contributed by atoms with E-state index in [1.807, 2.05) is 52.2 Å². The molecule has 1 N–H and O–H groups in total. The molecule has 1 atom stereocenters. The standard InChI is InChI=1S/C21H25N5O3S3/c1-24(13-19(27)22-17-9-11-32(28,29)14-17)15-26-21(30)25(12-16-6-3-2-4-7-16)20(23-26)18-8-5-10-31-18/h2-8,10,17H,9,11-15H2,1H3,(H,22,27). The average molecular weight is 492 g/mol. The fourth-order valence-electron chi connectivity index (χ4n) is 3.74. The van der Waals surface area contributed by atoms with E-state index >= 15 is 0 Å². The molecule has 1 amide bonds. The maximum Gasteiger partial charge on any atom is 0.234 e. The highest BCUT2D eigenvalue weighted by Crippen LogP contribution is 2.24. The first-order chi connectivity index (χ1) is 15.3. The number of carbonyl (C=O) groups is 1. The lowest BCUT2D eigenvalue weighted by Crippen LogP contribution is -2.42. The summed E-state index contributed by atoms with van der Waals surface area (Å²) < 4.78 is 27.5. The molecule has 1 fully saturated rings. The number of sulfone groups is 1. The van der Waals surface area contributed by atoms with Crippen LogP contribution in [0.1, 0.15) is 12.0 Å². The lowest BCUT2D eigenvalue weighted by Gasteiger charge is -2.18. The van der Waals surface area contributed by atoms with E-state index in [4.69, 9.17) is 17.3 Å². The van der Waals surface area contributed by atoms with E-state index in [9.17, 15) is 13.2 Å². The number of benzene rings is 1. The van der Waals surface area contributed by atoms with Crippen LogP contribution in [0.15, 0.2) is 47.8 Å². The molecule has 3 aromatic rings. The van der Waals surface area contributed by atoms with Crippen molar-refractivity contribution in [2.45, 2.75) is 25.7 Å². The zero-order valence-corrected chi connectivity index (χ0v) is 20.1. The monoisotopic (exact) mass is 491 g/mol. The third-order valence-electron chi connectivity index (χ3n) is 5.23. The van der Waals surface area contributed by atoms with Crippen LogP contribution in [0.3, 0.4) is 0 Å². The number of hydrogen-bond acceptors (Lipinski definition) is 7. The van der Waals surface area contributed by atoms with E-state index in [0.717, 1.165) is 16.3 Å². The van der Waals surface area contributed by atoms with Gasteiger partial charge >= 0.3 is 0 Å². The number of thiophene rings is 1. The minimum Gasteiger partial charge on any atom is -0.351 e. The molecular weight excluding hydrogens is 466 g/mol. The van der Waals surface area contributed by atoms with Gasteiger partial charge in [0.2, 0.25) is 5.91 Å². The highest BCUT2D eigenvalue weighted by molar-refractivity contribution is 7.91. The summed E-state index contributed by atoms with van der Waals surface area (Å²) in [6.07, 6.45) is 0.469. The molecule has 1 aliphatic rings. The van der Waals surface area contributed by atoms with E-state index in [-0.39, 0.29) is 30.0 Å². The molecule has 3 heterocycles. The third-order valence-corrected chi connectivity index (χ3v) is 8.30. The molecule has 0 spiro atoms. The molecule has 1 saturated heterocycles. The maximum absolute atomic E-state index is 12.4. The Morgan fingerprint density at radius 1 is 1.28 bits per heavy atom. The highest BCUT2D eigenvalue weighted by Gasteiger charge is 2.29. The number of amides is 1. The SMILES string of the molecule is CN(CC(=O)NC1CCS(=O)(=O)C1)Cn1nc(-c2cccs2)n(Cc2ccccc2)c1=S. The Bertz CT molecular complexity index is 1230. The van der Waals surface area contributed by atoms with Crippen LogP contribution in [0.5, 0.6) is 0 Å². The summed E-state index contributed by atoms with van der Waals surface area (Å²) >= 11 is 7.33. The summed E-state index contributed by atoms with van der Waals surface area (Å²) in [4.78, 5) is 15.2. The van der Waals surface area contributed by atoms with Gasteiger partial charge in [-0.25, -0.2) is 13.1 Å². The third kappa shape index (κ3) is 5.52. The van der Waals surface area contributed by atoms with Gasteiger partial charge in [-0.1, -0.05) is 36.4 Å². The molecule has 1 aliphatic heterocycles. The van der Waals surface area contributed by atoms with Crippen LogP contribution in [0.2, 0.25) is 0 Å². The quantitative estimate of drug-likeness (QED) is 0.487. The Labute approximate surface area is 196 Å². The van der Waals surface area contributed by atoms with Crippen molar-refractivity contribution >= 4 is 39.3 Å². The van der Waals surface area contributed by atoms with Crippen LogP contribution in [0, 0.1) is 4.77 Å². The van der Waals surface area contributed by atoms with Gasteiger partial charge in [-0.05, 0) is 42.7 Å². The molecular formula is C21H25N5O3S3. The Kier molecular flexibility index (Phi) is 6.89. The van der Waals surface area contributed by atoms with Crippen molar-refractivity contribution in [2.24, 2.45) is 0 Å². The van der Waals surface area contributed by atoms with E-state index in [2.05, 4.69) is 17.4 Å². The van der Waals surface area contributed by atoms with Crippen molar-refractivity contribution in [2.75, 3.05) is 25.1 Å². The lowest BCUT2D eigenvalue weighted by molar-refractivity contribution is -0.122. The molecule has 0 aliphatic carbocycles. The van der Waals surface area contributed by atoms with E-state index in [1.54, 1.807) is 16.0 Å². The summed E-state index contributed by atoms with van der Waals surface area (Å²) in [7, 11) is -1.22. The number of aromatic nitrogens is 3. The normalized spacial score (nSPS) is 17.6. The van der Waals surface area contributed by atoms with Crippen molar-refractivity contribution in [3.63, 3.8) is 0 Å². The first kappa shape index (κ1) is 22.8. The number of hydrogen-bond donors (Lipinski definition) is 1. The maximum atomic E-state index is 12.4. The van der Waals surface area contributed by atoms with Crippen LogP contribution in [-0.4, -0.2) is 64.7 Å². The minimum absolute atomic E-state index is 0.0155. The second-order valence-electron chi connectivity index (χ2n) is 7.98. The zero-order chi connectivity index (χ0) is 22.7. The smallest absolute Gasteiger partial charge is 0.234 e. The van der Waals surface area contributed by atoms with Gasteiger partial charge in [0.25, 0.3) is 0 Å². The Morgan fingerprint density at radius 2 is 2.06 bits per heavy atom. The van der Waals surface area contributed by atoms with E-state index in [0.29, 0.717) is 24.4 Å². The summed E-state index contributed by atoms with van der Waals surface area (Å²) in [5.74, 6) is 0.737. The van der Waals surface area contributed by atoms with Crippen molar-refractivity contribution in [3.8, 4) is 10.7 Å². The first-order valence-electron chi connectivity index (χ1n) is 10.2. The van der Waals surface area contributed by atoms with Gasteiger partial charge in [0.15, 0.2) is 20.4 Å². The van der Waals surface area contributed by atoms with Crippen LogP contribution >= 0.6 is 23.6 Å². The predicted molar refractivity (Wildman–Crippen MR) is 128 cm³/mol. The van der Waals surface area contributed by atoms with Crippen molar-refractivity contribution < 1.29 is 13.2 Å². The summed E-state index contributed by atoms with van der Waals surface area (Å²) in [5.41, 5.74) is 1.13. The molecule has 0 bridgehead atoms. The average Bonchev–Trinajstić information content (AvgIpc) is 3.45. The summed E-state index contributed by atoms with van der Waals surface area (Å²) in [5, 5.41) is 9.57. The second-order valence-corrected chi connectivity index (χ2v) is 11.5. The minimum atomic E-state index is -3.03. The zero-order valence-electron chi connectivity index (χ0n) is 17.7. The number of carbonyl (C=O) groups excluding carboxylic acids is 1. The van der Waals surface area contributed by atoms with Crippen molar-refractivity contribution in [3.05, 3.63) is 58.2 Å². The summed E-state index contributed by atoms with van der Waals surface area (Å²) in [6.45, 7) is 1.07. The van der Waals surface area contributed by atoms with Gasteiger partial charge in [0, 0.05) is 6.04 Å². The Balaban J connectivity index is 1.48. The molecule has 0 saturated carbocycles. The van der Waals surface area contributed by atoms with Crippen LogP contribution in [-0.2, 0) is 27.8 Å². The highest BCUT2D eigenvalue weighted by atomic mass is 32.2. The molecule has 11 heteroatoms. The summed E-state index contributed by atoms with van der Waals surface area (Å²) in [6, 6.07) is 13.8. The van der Waals surface area contributed by atoms with Crippen LogP contribution in [0.4, 0.5) is 0 Å². The van der Waals surface area contributed by atoms with E-state index in [1.165, 1.54) is 0 Å². The Hall–Kier alpha value is -2.34. The molecule has 8 nitrogen and oxygen atoms in total. The Morgan fingerprint density at radius 3 is 2.72 bits per heavy atom.